The van der Waals surface area contributed by atoms with Crippen molar-refractivity contribution in [2.45, 2.75) is 6.42 Å². The van der Waals surface area contributed by atoms with Crippen LogP contribution in [-0.2, 0) is 6.42 Å². The molecule has 0 unspecified atom stereocenters. The fourth-order valence-corrected chi connectivity index (χ4v) is 1.81. The predicted molar refractivity (Wildman–Crippen MR) is 83.6 cm³/mol. The average molecular weight is 285 g/mol. The minimum Gasteiger partial charge on any atom is -0.404 e. The van der Waals surface area contributed by atoms with Gasteiger partial charge in [-0.2, -0.15) is 0 Å². The highest BCUT2D eigenvalue weighted by atomic mass is 19.1. The summed E-state index contributed by atoms with van der Waals surface area (Å²) in [7, 11) is 0. The molecule has 1 aromatic heterocycles. The number of halogens is 1. The molecule has 0 aliphatic heterocycles. The summed E-state index contributed by atoms with van der Waals surface area (Å²) in [5.74, 6) is 0.417. The summed E-state index contributed by atoms with van der Waals surface area (Å²) < 4.78 is 12.8. The first-order chi connectivity index (χ1) is 10.1. The van der Waals surface area contributed by atoms with E-state index in [4.69, 9.17) is 17.2 Å². The van der Waals surface area contributed by atoms with E-state index in [9.17, 15) is 4.39 Å². The zero-order chi connectivity index (χ0) is 15.2. The highest BCUT2D eigenvalue weighted by Crippen LogP contribution is 2.15. The lowest BCUT2D eigenvalue weighted by atomic mass is 10.1. The molecule has 0 radical (unpaired) electrons. The Morgan fingerprint density at radius 1 is 1.14 bits per heavy atom. The van der Waals surface area contributed by atoms with Gasteiger partial charge in [0, 0.05) is 12.6 Å². The third-order valence-corrected chi connectivity index (χ3v) is 2.75. The Bertz CT molecular complexity index is 657. The maximum atomic E-state index is 12.8. The third kappa shape index (κ3) is 4.31. The van der Waals surface area contributed by atoms with Gasteiger partial charge in [0.05, 0.1) is 5.69 Å². The molecule has 1 heterocycles. The van der Waals surface area contributed by atoms with Gasteiger partial charge in [0.25, 0.3) is 0 Å². The first kappa shape index (κ1) is 14.5. The van der Waals surface area contributed by atoms with Gasteiger partial charge in [0.2, 0.25) is 0 Å². The Hall–Kier alpha value is -2.89. The second-order valence-corrected chi connectivity index (χ2v) is 4.48. The van der Waals surface area contributed by atoms with E-state index in [1.807, 2.05) is 0 Å². The highest BCUT2D eigenvalue weighted by molar-refractivity contribution is 5.81. The molecule has 0 saturated heterocycles. The van der Waals surface area contributed by atoms with Crippen molar-refractivity contribution in [2.75, 3.05) is 11.5 Å². The number of nitrogens with two attached hydrogens (primary N) is 3. The molecule has 1 aromatic carbocycles. The summed E-state index contributed by atoms with van der Waals surface area (Å²) in [4.78, 5) is 8.15. The molecule has 0 fully saturated rings. The van der Waals surface area contributed by atoms with Crippen molar-refractivity contribution < 1.29 is 4.39 Å². The summed E-state index contributed by atoms with van der Waals surface area (Å²) in [6.45, 7) is 0. The number of benzene rings is 1. The van der Waals surface area contributed by atoms with Crippen molar-refractivity contribution in [3.05, 3.63) is 59.6 Å². The van der Waals surface area contributed by atoms with E-state index in [1.165, 1.54) is 18.3 Å². The van der Waals surface area contributed by atoms with Crippen molar-refractivity contribution in [1.29, 1.82) is 0 Å². The van der Waals surface area contributed by atoms with Gasteiger partial charge in [-0.05, 0) is 53.7 Å². The number of aliphatic imine (C=N–C) groups is 1. The maximum Gasteiger partial charge on any atom is 0.126 e. The number of pyridine rings is 1. The van der Waals surface area contributed by atoms with Crippen molar-refractivity contribution in [2.24, 2.45) is 10.7 Å². The molecular formula is C15H16FN5. The Labute approximate surface area is 122 Å². The van der Waals surface area contributed by atoms with E-state index in [1.54, 1.807) is 30.5 Å². The normalized spacial score (nSPS) is 12.0. The van der Waals surface area contributed by atoms with Crippen molar-refractivity contribution in [1.82, 2.24) is 4.98 Å². The van der Waals surface area contributed by atoms with Crippen molar-refractivity contribution >= 4 is 23.5 Å². The number of nitrogens with zero attached hydrogens (tertiary/aromatic N) is 2. The van der Waals surface area contributed by atoms with Crippen LogP contribution in [0, 0.1) is 5.82 Å². The van der Waals surface area contributed by atoms with Crippen LogP contribution in [0.15, 0.2) is 53.2 Å². The smallest absolute Gasteiger partial charge is 0.126 e. The molecule has 21 heavy (non-hydrogen) atoms. The fourth-order valence-electron chi connectivity index (χ4n) is 1.81. The summed E-state index contributed by atoms with van der Waals surface area (Å²) in [6, 6.07) is 9.33. The maximum absolute atomic E-state index is 12.8. The van der Waals surface area contributed by atoms with Crippen LogP contribution in [0.5, 0.6) is 0 Å². The van der Waals surface area contributed by atoms with Crippen molar-refractivity contribution in [3.63, 3.8) is 0 Å². The number of anilines is 2. The number of rotatable bonds is 4. The Balaban J connectivity index is 2.11. The van der Waals surface area contributed by atoms with Crippen LogP contribution in [0.4, 0.5) is 21.7 Å². The summed E-state index contributed by atoms with van der Waals surface area (Å²) in [6.07, 6.45) is 3.61. The van der Waals surface area contributed by atoms with Gasteiger partial charge >= 0.3 is 0 Å². The van der Waals surface area contributed by atoms with E-state index in [-0.39, 0.29) is 5.82 Å². The molecule has 0 bridgehead atoms. The zero-order valence-electron chi connectivity index (χ0n) is 11.3. The van der Waals surface area contributed by atoms with Gasteiger partial charge in [-0.15, -0.1) is 0 Å². The SMILES string of the molecule is NC=C(C=Nc1ccc(F)cc1)Cc1cc(N)nc(N)c1. The third-order valence-electron chi connectivity index (χ3n) is 2.75. The van der Waals surface area contributed by atoms with Crippen molar-refractivity contribution in [3.8, 4) is 0 Å². The Morgan fingerprint density at radius 3 is 2.33 bits per heavy atom. The molecule has 0 saturated carbocycles. The van der Waals surface area contributed by atoms with Gasteiger partial charge in [-0.1, -0.05) is 0 Å². The first-order valence-electron chi connectivity index (χ1n) is 6.29. The number of allylic oxidation sites excluding steroid dienone is 1. The molecule has 6 heteroatoms. The van der Waals surface area contributed by atoms with Gasteiger partial charge in [-0.25, -0.2) is 9.37 Å². The lowest BCUT2D eigenvalue weighted by molar-refractivity contribution is 0.628. The molecule has 2 rings (SSSR count). The van der Waals surface area contributed by atoms with Gasteiger partial charge < -0.3 is 17.2 Å². The van der Waals surface area contributed by atoms with Crippen LogP contribution in [0.3, 0.4) is 0 Å². The number of hydrogen-bond acceptors (Lipinski definition) is 5. The summed E-state index contributed by atoms with van der Waals surface area (Å²) in [5, 5.41) is 0. The zero-order valence-corrected chi connectivity index (χ0v) is 11.3. The monoisotopic (exact) mass is 285 g/mol. The van der Waals surface area contributed by atoms with E-state index in [0.717, 1.165) is 11.1 Å². The molecule has 108 valence electrons. The van der Waals surface area contributed by atoms with Gasteiger partial charge in [0.15, 0.2) is 0 Å². The standard InChI is InChI=1S/C15H16FN5/c16-12-1-3-13(4-2-12)20-9-11(8-17)5-10-6-14(18)21-15(19)7-10/h1-4,6-9H,5,17H2,(H4,18,19,21). The Morgan fingerprint density at radius 2 is 1.76 bits per heavy atom. The van der Waals surface area contributed by atoms with E-state index < -0.39 is 0 Å². The second-order valence-electron chi connectivity index (χ2n) is 4.48. The second kappa shape index (κ2) is 6.51. The predicted octanol–water partition coefficient (Wildman–Crippen LogP) is 2.17. The minimum absolute atomic E-state index is 0.300. The number of nitrogen functional groups attached to an aromatic ring is 2. The minimum atomic E-state index is -0.300. The largest absolute Gasteiger partial charge is 0.404 e. The lowest BCUT2D eigenvalue weighted by Crippen LogP contribution is -2.01. The number of hydrogen-bond donors (Lipinski definition) is 3. The van der Waals surface area contributed by atoms with Gasteiger partial charge in [-0.3, -0.25) is 4.99 Å². The average Bonchev–Trinajstić information content (AvgIpc) is 2.44. The molecule has 0 atom stereocenters. The first-order valence-corrected chi connectivity index (χ1v) is 6.29. The molecule has 0 amide bonds. The van der Waals surface area contributed by atoms with Crippen LogP contribution in [0.1, 0.15) is 5.56 Å². The van der Waals surface area contributed by atoms with Crippen LogP contribution in [-0.4, -0.2) is 11.2 Å². The molecule has 0 aliphatic carbocycles. The van der Waals surface area contributed by atoms with Crippen LogP contribution in [0.25, 0.3) is 0 Å². The quantitative estimate of drug-likeness (QED) is 0.749. The van der Waals surface area contributed by atoms with E-state index in [2.05, 4.69) is 9.98 Å². The molecular weight excluding hydrogens is 269 g/mol. The van der Waals surface area contributed by atoms with E-state index >= 15 is 0 Å². The lowest BCUT2D eigenvalue weighted by Gasteiger charge is -2.04. The molecule has 0 aliphatic rings. The molecule has 2 aromatic rings. The van der Waals surface area contributed by atoms with Crippen LogP contribution >= 0.6 is 0 Å². The summed E-state index contributed by atoms with van der Waals surface area (Å²) in [5.41, 5.74) is 19.2. The molecule has 6 N–H and O–H groups in total. The fraction of sp³-hybridized carbons (Fsp3) is 0.0667. The van der Waals surface area contributed by atoms with E-state index in [0.29, 0.717) is 23.7 Å². The highest BCUT2D eigenvalue weighted by Gasteiger charge is 2.01. The van der Waals surface area contributed by atoms with Gasteiger partial charge in [0.1, 0.15) is 17.5 Å². The molecule has 5 nitrogen and oxygen atoms in total. The van der Waals surface area contributed by atoms with Crippen LogP contribution in [0.2, 0.25) is 0 Å². The topological polar surface area (TPSA) is 103 Å². The van der Waals surface area contributed by atoms with Crippen LogP contribution < -0.4 is 17.2 Å². The summed E-state index contributed by atoms with van der Waals surface area (Å²) >= 11 is 0. The number of aromatic nitrogens is 1. The molecule has 0 spiro atoms. The Kier molecular flexibility index (Phi) is 4.50.